The van der Waals surface area contributed by atoms with Crippen LogP contribution in [0.5, 0.6) is 0 Å². The van der Waals surface area contributed by atoms with Crippen LogP contribution in [0.2, 0.25) is 0 Å². The monoisotopic (exact) mass is 219 g/mol. The molecule has 1 saturated heterocycles. The molecule has 0 spiro atoms. The summed E-state index contributed by atoms with van der Waals surface area (Å²) in [6.07, 6.45) is 1.13. The highest BCUT2D eigenvalue weighted by atomic mass is 32.2. The molecule has 1 fully saturated rings. The van der Waals surface area contributed by atoms with Crippen molar-refractivity contribution < 1.29 is 13.7 Å². The first kappa shape index (κ1) is 11.5. The van der Waals surface area contributed by atoms with E-state index in [0.29, 0.717) is 11.5 Å². The normalized spacial score (nSPS) is 27.4. The van der Waals surface area contributed by atoms with Gasteiger partial charge in [0.25, 0.3) is 0 Å². The number of hydrogen-bond acceptors (Lipinski definition) is 3. The van der Waals surface area contributed by atoms with Crippen LogP contribution in [0.4, 0.5) is 4.79 Å². The van der Waals surface area contributed by atoms with Crippen LogP contribution in [0.15, 0.2) is 0 Å². The Morgan fingerprint density at radius 2 is 2.00 bits per heavy atom. The Labute approximate surface area is 86.9 Å². The summed E-state index contributed by atoms with van der Waals surface area (Å²) in [7, 11) is -0.679. The highest BCUT2D eigenvalue weighted by Crippen LogP contribution is 2.09. The SMILES string of the molecule is CC(C)OC(=O)NC1CCS(=O)CC1. The molecule has 1 N–H and O–H groups in total. The smallest absolute Gasteiger partial charge is 0.407 e. The summed E-state index contributed by atoms with van der Waals surface area (Å²) < 4.78 is 16.0. The van der Waals surface area contributed by atoms with E-state index in [1.54, 1.807) is 0 Å². The van der Waals surface area contributed by atoms with E-state index in [4.69, 9.17) is 4.74 Å². The fraction of sp³-hybridized carbons (Fsp3) is 0.889. The standard InChI is InChI=1S/C9H17NO3S/c1-7(2)13-9(11)10-8-3-5-14(12)6-4-8/h7-8H,3-6H2,1-2H3,(H,10,11). The minimum atomic E-state index is -0.679. The first-order valence-corrected chi connectivity index (χ1v) is 6.39. The van der Waals surface area contributed by atoms with Gasteiger partial charge in [0.2, 0.25) is 0 Å². The first-order valence-electron chi connectivity index (χ1n) is 4.90. The Hall–Kier alpha value is -0.580. The second-order valence-corrected chi connectivity index (χ2v) is 5.42. The number of ether oxygens (including phenoxy) is 1. The lowest BCUT2D eigenvalue weighted by molar-refractivity contribution is 0.111. The highest BCUT2D eigenvalue weighted by Gasteiger charge is 2.20. The molecule has 5 heteroatoms. The Bertz CT molecular complexity index is 220. The minimum Gasteiger partial charge on any atom is -0.447 e. The molecule has 0 aromatic rings. The lowest BCUT2D eigenvalue weighted by Gasteiger charge is -2.22. The molecule has 0 bridgehead atoms. The molecule has 14 heavy (non-hydrogen) atoms. The zero-order valence-electron chi connectivity index (χ0n) is 8.62. The molecule has 0 aromatic heterocycles. The third-order valence-electron chi connectivity index (χ3n) is 2.05. The van der Waals surface area contributed by atoms with Crippen molar-refractivity contribution in [2.24, 2.45) is 0 Å². The number of rotatable bonds is 2. The summed E-state index contributed by atoms with van der Waals surface area (Å²) in [5.41, 5.74) is 0. The third-order valence-corrected chi connectivity index (χ3v) is 3.43. The maximum Gasteiger partial charge on any atom is 0.407 e. The number of amides is 1. The Morgan fingerprint density at radius 1 is 1.43 bits per heavy atom. The van der Waals surface area contributed by atoms with E-state index < -0.39 is 10.8 Å². The second kappa shape index (κ2) is 5.34. The largest absolute Gasteiger partial charge is 0.447 e. The predicted octanol–water partition coefficient (Wildman–Crippen LogP) is 1.03. The van der Waals surface area contributed by atoms with Gasteiger partial charge in [0.15, 0.2) is 0 Å². The van der Waals surface area contributed by atoms with E-state index in [0.717, 1.165) is 12.8 Å². The molecular formula is C9H17NO3S. The highest BCUT2D eigenvalue weighted by molar-refractivity contribution is 7.85. The molecule has 1 aliphatic rings. The number of alkyl carbamates (subject to hydrolysis) is 1. The zero-order valence-corrected chi connectivity index (χ0v) is 9.43. The van der Waals surface area contributed by atoms with Gasteiger partial charge in [0.1, 0.15) is 0 Å². The van der Waals surface area contributed by atoms with Crippen molar-refractivity contribution in [3.05, 3.63) is 0 Å². The first-order chi connectivity index (χ1) is 6.58. The van der Waals surface area contributed by atoms with Crippen molar-refractivity contribution in [2.45, 2.75) is 38.8 Å². The van der Waals surface area contributed by atoms with E-state index in [-0.39, 0.29) is 18.2 Å². The molecular weight excluding hydrogens is 202 g/mol. The van der Waals surface area contributed by atoms with Crippen LogP contribution in [-0.2, 0) is 15.5 Å². The molecule has 0 aliphatic carbocycles. The maximum atomic E-state index is 11.2. The third kappa shape index (κ3) is 4.09. The Balaban J connectivity index is 2.24. The van der Waals surface area contributed by atoms with Crippen LogP contribution in [-0.4, -0.2) is 34.0 Å². The van der Waals surface area contributed by atoms with E-state index in [2.05, 4.69) is 5.32 Å². The van der Waals surface area contributed by atoms with Gasteiger partial charge in [-0.25, -0.2) is 4.79 Å². The van der Waals surface area contributed by atoms with Crippen LogP contribution in [0.3, 0.4) is 0 Å². The fourth-order valence-corrected chi connectivity index (χ4v) is 2.65. The topological polar surface area (TPSA) is 55.4 Å². The zero-order chi connectivity index (χ0) is 10.6. The van der Waals surface area contributed by atoms with Gasteiger partial charge in [0, 0.05) is 28.3 Å². The lowest BCUT2D eigenvalue weighted by Crippen LogP contribution is -2.40. The van der Waals surface area contributed by atoms with Crippen molar-refractivity contribution in [1.29, 1.82) is 0 Å². The minimum absolute atomic E-state index is 0.0901. The number of carbonyl (C=O) groups excluding carboxylic acids is 1. The van der Waals surface area contributed by atoms with Crippen LogP contribution < -0.4 is 5.32 Å². The maximum absolute atomic E-state index is 11.2. The van der Waals surface area contributed by atoms with Gasteiger partial charge >= 0.3 is 6.09 Å². The molecule has 1 rings (SSSR count). The molecule has 4 nitrogen and oxygen atoms in total. The number of nitrogens with one attached hydrogen (secondary N) is 1. The van der Waals surface area contributed by atoms with Crippen LogP contribution >= 0.6 is 0 Å². The summed E-state index contributed by atoms with van der Waals surface area (Å²) >= 11 is 0. The van der Waals surface area contributed by atoms with Gasteiger partial charge in [-0.1, -0.05) is 0 Å². The predicted molar refractivity (Wildman–Crippen MR) is 55.7 cm³/mol. The fourth-order valence-electron chi connectivity index (χ4n) is 1.35. The molecule has 0 atom stereocenters. The molecule has 1 amide bonds. The van der Waals surface area contributed by atoms with Crippen LogP contribution in [0.25, 0.3) is 0 Å². The summed E-state index contributed by atoms with van der Waals surface area (Å²) in [6, 6.07) is 0.138. The van der Waals surface area contributed by atoms with E-state index in [1.807, 2.05) is 13.8 Å². The molecule has 0 radical (unpaired) electrons. The van der Waals surface area contributed by atoms with E-state index in [9.17, 15) is 9.00 Å². The van der Waals surface area contributed by atoms with Crippen molar-refractivity contribution in [1.82, 2.24) is 5.32 Å². The summed E-state index contributed by atoms with van der Waals surface area (Å²) in [6.45, 7) is 3.63. The molecule has 82 valence electrons. The molecule has 1 heterocycles. The quantitative estimate of drug-likeness (QED) is 0.754. The Kier molecular flexibility index (Phi) is 4.38. The van der Waals surface area contributed by atoms with Crippen molar-refractivity contribution in [2.75, 3.05) is 11.5 Å². The van der Waals surface area contributed by atoms with Gasteiger partial charge in [-0.2, -0.15) is 0 Å². The molecule has 0 aromatic carbocycles. The van der Waals surface area contributed by atoms with Gasteiger partial charge in [-0.05, 0) is 26.7 Å². The van der Waals surface area contributed by atoms with Crippen LogP contribution in [0.1, 0.15) is 26.7 Å². The van der Waals surface area contributed by atoms with Crippen molar-refractivity contribution in [3.8, 4) is 0 Å². The molecule has 0 unspecified atom stereocenters. The van der Waals surface area contributed by atoms with Crippen molar-refractivity contribution in [3.63, 3.8) is 0 Å². The van der Waals surface area contributed by atoms with E-state index >= 15 is 0 Å². The summed E-state index contributed by atoms with van der Waals surface area (Å²) in [5.74, 6) is 1.37. The molecule has 1 aliphatic heterocycles. The lowest BCUT2D eigenvalue weighted by atomic mass is 10.2. The average Bonchev–Trinajstić information content (AvgIpc) is 2.07. The average molecular weight is 219 g/mol. The molecule has 0 saturated carbocycles. The Morgan fingerprint density at radius 3 is 2.50 bits per heavy atom. The van der Waals surface area contributed by atoms with E-state index in [1.165, 1.54) is 0 Å². The van der Waals surface area contributed by atoms with Gasteiger partial charge < -0.3 is 10.1 Å². The summed E-state index contributed by atoms with van der Waals surface area (Å²) in [5, 5.41) is 2.78. The van der Waals surface area contributed by atoms with Crippen LogP contribution in [0, 0.1) is 0 Å². The van der Waals surface area contributed by atoms with Gasteiger partial charge in [-0.15, -0.1) is 0 Å². The second-order valence-electron chi connectivity index (χ2n) is 3.72. The summed E-state index contributed by atoms with van der Waals surface area (Å²) in [4.78, 5) is 11.2. The number of carbonyl (C=O) groups is 1. The van der Waals surface area contributed by atoms with Gasteiger partial charge in [0.05, 0.1) is 6.10 Å². The number of hydrogen-bond donors (Lipinski definition) is 1. The van der Waals surface area contributed by atoms with Crippen molar-refractivity contribution >= 4 is 16.9 Å². The van der Waals surface area contributed by atoms with Gasteiger partial charge in [-0.3, -0.25) is 4.21 Å².